The standard InChI is InChI=1S/C15H17ClO2S/c1-4-11-6-8-14(19-11)15(16)12-7-5-10(17-2)9-13(12)18-3/h5-9,15H,4H2,1-3H3. The average molecular weight is 297 g/mol. The van der Waals surface area contributed by atoms with Crippen molar-refractivity contribution >= 4 is 22.9 Å². The second-order valence-electron chi connectivity index (χ2n) is 4.13. The lowest BCUT2D eigenvalue weighted by Gasteiger charge is -2.14. The predicted molar refractivity (Wildman–Crippen MR) is 80.9 cm³/mol. The molecule has 1 aromatic heterocycles. The molecule has 1 unspecified atom stereocenters. The second-order valence-corrected chi connectivity index (χ2v) is 5.76. The van der Waals surface area contributed by atoms with Crippen molar-refractivity contribution in [3.63, 3.8) is 0 Å². The van der Waals surface area contributed by atoms with Crippen LogP contribution in [0.3, 0.4) is 0 Å². The number of methoxy groups -OCH3 is 2. The number of hydrogen-bond donors (Lipinski definition) is 0. The molecule has 102 valence electrons. The van der Waals surface area contributed by atoms with Crippen LogP contribution in [0.4, 0.5) is 0 Å². The number of hydrogen-bond acceptors (Lipinski definition) is 3. The lowest BCUT2D eigenvalue weighted by atomic mass is 10.1. The van der Waals surface area contributed by atoms with Crippen molar-refractivity contribution in [2.75, 3.05) is 14.2 Å². The summed E-state index contributed by atoms with van der Waals surface area (Å²) < 4.78 is 10.6. The van der Waals surface area contributed by atoms with Gasteiger partial charge < -0.3 is 9.47 Å². The summed E-state index contributed by atoms with van der Waals surface area (Å²) in [5.41, 5.74) is 0.967. The molecule has 1 atom stereocenters. The Hall–Kier alpha value is -1.19. The van der Waals surface area contributed by atoms with Gasteiger partial charge >= 0.3 is 0 Å². The van der Waals surface area contributed by atoms with Gasteiger partial charge in [-0.1, -0.05) is 6.92 Å². The molecule has 4 heteroatoms. The van der Waals surface area contributed by atoms with Crippen LogP contribution < -0.4 is 9.47 Å². The molecule has 1 heterocycles. The largest absolute Gasteiger partial charge is 0.497 e. The summed E-state index contributed by atoms with van der Waals surface area (Å²) in [5, 5.41) is -0.189. The Morgan fingerprint density at radius 2 is 1.95 bits per heavy atom. The molecule has 2 rings (SSSR count). The number of alkyl halides is 1. The fourth-order valence-corrected chi connectivity index (χ4v) is 3.24. The third-order valence-corrected chi connectivity index (χ3v) is 4.89. The van der Waals surface area contributed by atoms with Crippen molar-refractivity contribution in [3.8, 4) is 11.5 Å². The smallest absolute Gasteiger partial charge is 0.127 e. The lowest BCUT2D eigenvalue weighted by Crippen LogP contribution is -1.96. The summed E-state index contributed by atoms with van der Waals surface area (Å²) in [6.07, 6.45) is 1.04. The van der Waals surface area contributed by atoms with Crippen molar-refractivity contribution in [2.45, 2.75) is 18.7 Å². The third kappa shape index (κ3) is 3.04. The molecule has 0 N–H and O–H groups in total. The van der Waals surface area contributed by atoms with E-state index >= 15 is 0 Å². The molecule has 0 spiro atoms. The van der Waals surface area contributed by atoms with Gasteiger partial charge in [-0.25, -0.2) is 0 Å². The van der Waals surface area contributed by atoms with Gasteiger partial charge in [0.05, 0.1) is 19.6 Å². The number of benzene rings is 1. The summed E-state index contributed by atoms with van der Waals surface area (Å²) in [7, 11) is 3.28. The Labute approximate surface area is 122 Å². The number of ether oxygens (including phenoxy) is 2. The maximum absolute atomic E-state index is 6.57. The number of halogens is 1. The number of thiophene rings is 1. The maximum atomic E-state index is 6.57. The maximum Gasteiger partial charge on any atom is 0.127 e. The Bertz CT molecular complexity index is 551. The van der Waals surface area contributed by atoms with Gasteiger partial charge in [-0.3, -0.25) is 0 Å². The van der Waals surface area contributed by atoms with Crippen LogP contribution in [0, 0.1) is 0 Å². The monoisotopic (exact) mass is 296 g/mol. The molecule has 0 aliphatic carbocycles. The van der Waals surface area contributed by atoms with Crippen LogP contribution in [-0.2, 0) is 6.42 Å². The van der Waals surface area contributed by atoms with E-state index in [0.717, 1.165) is 28.4 Å². The van der Waals surface area contributed by atoms with E-state index < -0.39 is 0 Å². The molecule has 0 amide bonds. The molecule has 1 aromatic carbocycles. The van der Waals surface area contributed by atoms with Crippen LogP contribution in [0.25, 0.3) is 0 Å². The Balaban J connectivity index is 2.34. The van der Waals surface area contributed by atoms with Crippen LogP contribution in [0.2, 0.25) is 0 Å². The SMILES string of the molecule is CCc1ccc(C(Cl)c2ccc(OC)cc2OC)s1. The highest BCUT2D eigenvalue weighted by Gasteiger charge is 2.18. The fraction of sp³-hybridized carbons (Fsp3) is 0.333. The molecule has 0 fully saturated rings. The summed E-state index contributed by atoms with van der Waals surface area (Å²) in [5.74, 6) is 1.52. The van der Waals surface area contributed by atoms with Crippen molar-refractivity contribution < 1.29 is 9.47 Å². The van der Waals surface area contributed by atoms with Crippen LogP contribution >= 0.6 is 22.9 Å². The zero-order chi connectivity index (χ0) is 13.8. The van der Waals surface area contributed by atoms with Crippen LogP contribution in [-0.4, -0.2) is 14.2 Å². The van der Waals surface area contributed by atoms with Gasteiger partial charge in [0.1, 0.15) is 11.5 Å². The lowest BCUT2D eigenvalue weighted by molar-refractivity contribution is 0.391. The van der Waals surface area contributed by atoms with Crippen LogP contribution in [0.1, 0.15) is 27.6 Å². The molecular weight excluding hydrogens is 280 g/mol. The topological polar surface area (TPSA) is 18.5 Å². The minimum absolute atomic E-state index is 0.189. The summed E-state index contributed by atoms with van der Waals surface area (Å²) in [6, 6.07) is 9.94. The molecule has 0 bridgehead atoms. The minimum Gasteiger partial charge on any atom is -0.497 e. The van der Waals surface area contributed by atoms with Gasteiger partial charge in [0.25, 0.3) is 0 Å². The Kier molecular flexibility index (Phi) is 4.72. The molecule has 0 aliphatic heterocycles. The van der Waals surface area contributed by atoms with Gasteiger partial charge in [0.15, 0.2) is 0 Å². The summed E-state index contributed by atoms with van der Waals surface area (Å²) >= 11 is 8.32. The van der Waals surface area contributed by atoms with E-state index in [-0.39, 0.29) is 5.38 Å². The fourth-order valence-electron chi connectivity index (χ4n) is 1.90. The first-order valence-corrected chi connectivity index (χ1v) is 7.39. The molecule has 0 radical (unpaired) electrons. The molecule has 2 aromatic rings. The minimum atomic E-state index is -0.189. The van der Waals surface area contributed by atoms with Crippen molar-refractivity contribution in [2.24, 2.45) is 0 Å². The predicted octanol–water partition coefficient (Wildman–Crippen LogP) is 4.66. The van der Waals surface area contributed by atoms with E-state index in [2.05, 4.69) is 19.1 Å². The highest BCUT2D eigenvalue weighted by molar-refractivity contribution is 7.12. The van der Waals surface area contributed by atoms with E-state index in [1.54, 1.807) is 25.6 Å². The number of aryl methyl sites for hydroxylation is 1. The Morgan fingerprint density at radius 3 is 2.53 bits per heavy atom. The van der Waals surface area contributed by atoms with Gasteiger partial charge in [0.2, 0.25) is 0 Å². The molecule has 19 heavy (non-hydrogen) atoms. The van der Waals surface area contributed by atoms with Crippen molar-refractivity contribution in [1.29, 1.82) is 0 Å². The van der Waals surface area contributed by atoms with Crippen molar-refractivity contribution in [1.82, 2.24) is 0 Å². The molecule has 0 saturated heterocycles. The first kappa shape index (κ1) is 14.2. The summed E-state index contributed by atoms with van der Waals surface area (Å²) in [6.45, 7) is 2.15. The Morgan fingerprint density at radius 1 is 1.16 bits per heavy atom. The normalized spacial score (nSPS) is 12.2. The van der Waals surface area contributed by atoms with E-state index in [1.165, 1.54) is 4.88 Å². The van der Waals surface area contributed by atoms with Gasteiger partial charge in [0, 0.05) is 21.4 Å². The van der Waals surface area contributed by atoms with E-state index in [1.807, 2.05) is 18.2 Å². The van der Waals surface area contributed by atoms with Gasteiger partial charge in [-0.15, -0.1) is 22.9 Å². The van der Waals surface area contributed by atoms with E-state index in [9.17, 15) is 0 Å². The van der Waals surface area contributed by atoms with Crippen LogP contribution in [0.5, 0.6) is 11.5 Å². The second kappa shape index (κ2) is 6.31. The van der Waals surface area contributed by atoms with E-state index in [0.29, 0.717) is 0 Å². The zero-order valence-corrected chi connectivity index (χ0v) is 12.8. The molecule has 0 saturated carbocycles. The van der Waals surface area contributed by atoms with Crippen molar-refractivity contribution in [3.05, 3.63) is 45.6 Å². The number of rotatable bonds is 5. The molecule has 2 nitrogen and oxygen atoms in total. The molecule has 0 aliphatic rings. The van der Waals surface area contributed by atoms with Crippen LogP contribution in [0.15, 0.2) is 30.3 Å². The van der Waals surface area contributed by atoms with Gasteiger partial charge in [-0.2, -0.15) is 0 Å². The first-order chi connectivity index (χ1) is 9.19. The first-order valence-electron chi connectivity index (χ1n) is 6.14. The highest BCUT2D eigenvalue weighted by atomic mass is 35.5. The van der Waals surface area contributed by atoms with Gasteiger partial charge in [-0.05, 0) is 30.7 Å². The quantitative estimate of drug-likeness (QED) is 0.747. The van der Waals surface area contributed by atoms with E-state index in [4.69, 9.17) is 21.1 Å². The average Bonchev–Trinajstić information content (AvgIpc) is 2.94. The molecular formula is C15H17ClO2S. The third-order valence-electron chi connectivity index (χ3n) is 2.99. The zero-order valence-electron chi connectivity index (χ0n) is 11.3. The summed E-state index contributed by atoms with van der Waals surface area (Å²) in [4.78, 5) is 2.48. The highest BCUT2D eigenvalue weighted by Crippen LogP contribution is 2.39.